The molecule has 0 aliphatic carbocycles. The first-order valence-corrected chi connectivity index (χ1v) is 11.6. The van der Waals surface area contributed by atoms with Gasteiger partial charge in [0.25, 0.3) is 0 Å². The average Bonchev–Trinajstić information content (AvgIpc) is 2.83. The number of aromatic nitrogens is 2. The maximum absolute atomic E-state index is 13.8. The molecule has 0 saturated carbocycles. The Bertz CT molecular complexity index is 1330. The van der Waals surface area contributed by atoms with Gasteiger partial charge < -0.3 is 10.2 Å². The third-order valence-corrected chi connectivity index (χ3v) is 5.96. The van der Waals surface area contributed by atoms with Crippen LogP contribution in [0.3, 0.4) is 0 Å². The Hall–Kier alpha value is -3.45. The third kappa shape index (κ3) is 5.62. The van der Waals surface area contributed by atoms with E-state index in [4.69, 9.17) is 9.97 Å². The minimum absolute atomic E-state index is 0.268. The van der Waals surface area contributed by atoms with Gasteiger partial charge in [-0.1, -0.05) is 42.5 Å². The van der Waals surface area contributed by atoms with E-state index in [9.17, 15) is 13.2 Å². The molecule has 4 nitrogen and oxygen atoms in total. The predicted octanol–water partition coefficient (Wildman–Crippen LogP) is 6.96. The molecule has 3 aromatic carbocycles. The molecule has 35 heavy (non-hydrogen) atoms. The van der Waals surface area contributed by atoms with Crippen molar-refractivity contribution in [3.05, 3.63) is 77.4 Å². The zero-order valence-electron chi connectivity index (χ0n) is 20.4. The molecule has 182 valence electrons. The van der Waals surface area contributed by atoms with Crippen LogP contribution in [-0.2, 0) is 6.18 Å². The van der Waals surface area contributed by atoms with Gasteiger partial charge >= 0.3 is 6.18 Å². The number of halogens is 3. The first-order valence-electron chi connectivity index (χ1n) is 11.6. The lowest BCUT2D eigenvalue weighted by molar-refractivity contribution is -0.137. The molecule has 0 unspecified atom stereocenters. The van der Waals surface area contributed by atoms with Gasteiger partial charge in [-0.05, 0) is 81.4 Å². The van der Waals surface area contributed by atoms with Crippen LogP contribution in [0.15, 0.2) is 60.7 Å². The van der Waals surface area contributed by atoms with Crippen LogP contribution in [0.25, 0.3) is 33.4 Å². The van der Waals surface area contributed by atoms with E-state index >= 15 is 0 Å². The van der Waals surface area contributed by atoms with Crippen LogP contribution in [0.2, 0.25) is 0 Å². The molecule has 0 bridgehead atoms. The molecular formula is C28H29F3N4. The number of hydrogen-bond donors (Lipinski definition) is 1. The lowest BCUT2D eigenvalue weighted by atomic mass is 9.98. The Morgan fingerprint density at radius 1 is 0.829 bits per heavy atom. The Morgan fingerprint density at radius 3 is 2.20 bits per heavy atom. The summed E-state index contributed by atoms with van der Waals surface area (Å²) >= 11 is 0. The van der Waals surface area contributed by atoms with Crippen LogP contribution in [0.4, 0.5) is 19.0 Å². The Balaban J connectivity index is 1.88. The van der Waals surface area contributed by atoms with Gasteiger partial charge in [0.1, 0.15) is 5.82 Å². The number of rotatable bonds is 7. The van der Waals surface area contributed by atoms with Crippen molar-refractivity contribution in [1.29, 1.82) is 0 Å². The van der Waals surface area contributed by atoms with E-state index in [-0.39, 0.29) is 5.82 Å². The second-order valence-electron chi connectivity index (χ2n) is 9.07. The van der Waals surface area contributed by atoms with Gasteiger partial charge in [-0.2, -0.15) is 13.2 Å². The molecule has 1 N–H and O–H groups in total. The number of hydrogen-bond acceptors (Lipinski definition) is 4. The van der Waals surface area contributed by atoms with E-state index in [2.05, 4.69) is 10.2 Å². The van der Waals surface area contributed by atoms with E-state index in [1.165, 1.54) is 6.07 Å². The highest BCUT2D eigenvalue weighted by Crippen LogP contribution is 2.37. The van der Waals surface area contributed by atoms with E-state index in [1.807, 2.05) is 58.3 Å². The summed E-state index contributed by atoms with van der Waals surface area (Å²) in [6.45, 7) is 5.55. The minimum Gasteiger partial charge on any atom is -0.369 e. The van der Waals surface area contributed by atoms with Gasteiger partial charge in [-0.25, -0.2) is 9.97 Å². The van der Waals surface area contributed by atoms with Crippen molar-refractivity contribution in [3.63, 3.8) is 0 Å². The lowest BCUT2D eigenvalue weighted by Gasteiger charge is -2.16. The van der Waals surface area contributed by atoms with Crippen molar-refractivity contribution in [1.82, 2.24) is 14.9 Å². The van der Waals surface area contributed by atoms with Crippen LogP contribution < -0.4 is 5.32 Å². The van der Waals surface area contributed by atoms with Gasteiger partial charge in [0.05, 0.1) is 11.1 Å². The summed E-state index contributed by atoms with van der Waals surface area (Å²) in [7, 11) is 4.04. The molecule has 0 fully saturated rings. The molecule has 4 rings (SSSR count). The number of nitrogens with one attached hydrogen (secondary N) is 1. The van der Waals surface area contributed by atoms with Crippen LogP contribution in [0.1, 0.15) is 23.1 Å². The summed E-state index contributed by atoms with van der Waals surface area (Å²) in [6.07, 6.45) is -3.59. The maximum Gasteiger partial charge on any atom is 0.416 e. The van der Waals surface area contributed by atoms with Crippen LogP contribution in [0, 0.1) is 13.8 Å². The molecule has 0 atom stereocenters. The molecule has 0 spiro atoms. The highest BCUT2D eigenvalue weighted by Gasteiger charge is 2.32. The summed E-state index contributed by atoms with van der Waals surface area (Å²) in [5.41, 5.74) is 3.48. The maximum atomic E-state index is 13.8. The Kier molecular flexibility index (Phi) is 7.08. The second-order valence-corrected chi connectivity index (χ2v) is 9.07. The van der Waals surface area contributed by atoms with Gasteiger partial charge in [-0.15, -0.1) is 0 Å². The molecular weight excluding hydrogens is 449 g/mol. The summed E-state index contributed by atoms with van der Waals surface area (Å²) in [4.78, 5) is 11.6. The quantitative estimate of drug-likeness (QED) is 0.292. The summed E-state index contributed by atoms with van der Waals surface area (Å²) in [5, 5.41) is 4.31. The molecule has 0 aliphatic heterocycles. The van der Waals surface area contributed by atoms with E-state index < -0.39 is 11.7 Å². The molecule has 0 aliphatic rings. The van der Waals surface area contributed by atoms with Crippen molar-refractivity contribution in [2.45, 2.75) is 26.4 Å². The molecule has 4 aromatic rings. The van der Waals surface area contributed by atoms with Crippen LogP contribution in [0.5, 0.6) is 0 Å². The predicted molar refractivity (Wildman–Crippen MR) is 137 cm³/mol. The number of fused-ring (bicyclic) bond motifs is 1. The first-order chi connectivity index (χ1) is 16.6. The largest absolute Gasteiger partial charge is 0.416 e. The van der Waals surface area contributed by atoms with Crippen LogP contribution in [-0.4, -0.2) is 42.1 Å². The van der Waals surface area contributed by atoms with Gasteiger partial charge in [0, 0.05) is 17.5 Å². The van der Waals surface area contributed by atoms with Gasteiger partial charge in [0.15, 0.2) is 5.82 Å². The smallest absolute Gasteiger partial charge is 0.369 e. The zero-order chi connectivity index (χ0) is 25.2. The fourth-order valence-corrected chi connectivity index (χ4v) is 4.11. The SMILES string of the molecule is Cc1ccc(C)c2c(NCCCN(C)C)nc(-c3cc(-c4ccccc4)cc(C(F)(F)F)c3)nc12. The lowest BCUT2D eigenvalue weighted by Crippen LogP contribution is -2.17. The normalized spacial score (nSPS) is 11.9. The van der Waals surface area contributed by atoms with Crippen molar-refractivity contribution in [2.75, 3.05) is 32.5 Å². The molecule has 1 heterocycles. The summed E-state index contributed by atoms with van der Waals surface area (Å²) < 4.78 is 41.5. The second kappa shape index (κ2) is 10.0. The zero-order valence-corrected chi connectivity index (χ0v) is 20.4. The molecule has 0 radical (unpaired) electrons. The molecule has 1 aromatic heterocycles. The average molecular weight is 479 g/mol. The summed E-state index contributed by atoms with van der Waals surface area (Å²) in [6, 6.07) is 17.1. The number of benzene rings is 3. The van der Waals surface area contributed by atoms with Gasteiger partial charge in [-0.3, -0.25) is 0 Å². The third-order valence-electron chi connectivity index (χ3n) is 5.96. The topological polar surface area (TPSA) is 41.0 Å². The standard InChI is InChI=1S/C28H29F3N4/c1-18-11-12-19(2)25-24(18)27(32-13-8-14-35(3)4)34-26(33-25)22-15-21(20-9-6-5-7-10-20)16-23(17-22)28(29,30)31/h5-7,9-12,15-17H,8,13-14H2,1-4H3,(H,32,33,34). The monoisotopic (exact) mass is 478 g/mol. The fraction of sp³-hybridized carbons (Fsp3) is 0.286. The number of nitrogens with zero attached hydrogens (tertiary/aromatic N) is 3. The molecule has 0 saturated heterocycles. The Labute approximate surface area is 203 Å². The van der Waals surface area contributed by atoms with Crippen molar-refractivity contribution >= 4 is 16.7 Å². The van der Waals surface area contributed by atoms with E-state index in [0.29, 0.717) is 29.1 Å². The van der Waals surface area contributed by atoms with Crippen molar-refractivity contribution < 1.29 is 13.2 Å². The number of alkyl halides is 3. The Morgan fingerprint density at radius 2 is 1.51 bits per heavy atom. The van der Waals surface area contributed by atoms with E-state index in [1.54, 1.807) is 18.2 Å². The van der Waals surface area contributed by atoms with E-state index in [0.717, 1.165) is 41.1 Å². The van der Waals surface area contributed by atoms with Crippen LogP contribution >= 0.6 is 0 Å². The first kappa shape index (κ1) is 24.7. The minimum atomic E-state index is -4.49. The molecule has 0 amide bonds. The fourth-order valence-electron chi connectivity index (χ4n) is 4.11. The van der Waals surface area contributed by atoms with Crippen molar-refractivity contribution in [2.24, 2.45) is 0 Å². The highest BCUT2D eigenvalue weighted by molar-refractivity contribution is 5.95. The van der Waals surface area contributed by atoms with Gasteiger partial charge in [0.2, 0.25) is 0 Å². The number of aryl methyl sites for hydroxylation is 2. The highest BCUT2D eigenvalue weighted by atomic mass is 19.4. The number of anilines is 1. The summed E-state index contributed by atoms with van der Waals surface area (Å²) in [5.74, 6) is 0.910. The van der Waals surface area contributed by atoms with Crippen molar-refractivity contribution in [3.8, 4) is 22.5 Å². The molecule has 7 heteroatoms.